The molecule has 4 unspecified atom stereocenters. The smallest absolute Gasteiger partial charge is 0.260 e. The van der Waals surface area contributed by atoms with E-state index in [9.17, 15) is 9.59 Å². The normalized spacial score (nSPS) is 26.2. The van der Waals surface area contributed by atoms with Gasteiger partial charge in [0, 0.05) is 5.02 Å². The zero-order valence-corrected chi connectivity index (χ0v) is 18.5. The van der Waals surface area contributed by atoms with E-state index in [1.165, 1.54) is 4.90 Å². The van der Waals surface area contributed by atoms with Gasteiger partial charge in [0.05, 0.1) is 23.9 Å². The predicted molar refractivity (Wildman–Crippen MR) is 125 cm³/mol. The monoisotopic (exact) mass is 459 g/mol. The van der Waals surface area contributed by atoms with Crippen LogP contribution >= 0.6 is 11.6 Å². The lowest BCUT2D eigenvalue weighted by molar-refractivity contribution is -0.122. The fourth-order valence-electron chi connectivity index (χ4n) is 5.12. The van der Waals surface area contributed by atoms with Crippen molar-refractivity contribution in [2.45, 2.75) is 31.3 Å². The first kappa shape index (κ1) is 20.2. The van der Waals surface area contributed by atoms with Gasteiger partial charge in [-0.15, -0.1) is 5.10 Å². The largest absolute Gasteiger partial charge is 0.347 e. The number of halogens is 1. The number of hydrogen-bond donors (Lipinski definition) is 1. The number of allylic oxidation sites excluding steroid dienone is 2. The zero-order chi connectivity index (χ0) is 22.5. The Balaban J connectivity index is 1.41. The van der Waals surface area contributed by atoms with Gasteiger partial charge in [0.15, 0.2) is 0 Å². The number of amides is 2. The summed E-state index contributed by atoms with van der Waals surface area (Å²) in [5.74, 6) is -0.367. The molecule has 3 aromatic rings. The van der Waals surface area contributed by atoms with E-state index in [2.05, 4.69) is 27.5 Å². The molecule has 1 aliphatic carbocycles. The third-order valence-corrected chi connectivity index (χ3v) is 7.09. The number of hydrogen-bond acceptors (Lipinski definition) is 5. The molecule has 7 nitrogen and oxygen atoms in total. The van der Waals surface area contributed by atoms with Crippen LogP contribution in [0.3, 0.4) is 0 Å². The number of benzene rings is 2. The number of carbonyl (C=O) groups is 2. The molecule has 3 aliphatic rings. The second-order valence-corrected chi connectivity index (χ2v) is 9.19. The maximum absolute atomic E-state index is 13.1. The van der Waals surface area contributed by atoms with E-state index in [4.69, 9.17) is 11.6 Å². The summed E-state index contributed by atoms with van der Waals surface area (Å²) < 4.78 is 1.79. The van der Waals surface area contributed by atoms with Gasteiger partial charge in [-0.2, -0.15) is 4.98 Å². The molecule has 2 aliphatic heterocycles. The summed E-state index contributed by atoms with van der Waals surface area (Å²) in [6.45, 7) is 0. The quantitative estimate of drug-likeness (QED) is 0.459. The second-order valence-electron chi connectivity index (χ2n) is 8.76. The molecule has 6 rings (SSSR count). The first-order chi connectivity index (χ1) is 16.1. The molecular weight excluding hydrogens is 438 g/mol. The van der Waals surface area contributed by atoms with Crippen LogP contribution in [0.5, 0.6) is 0 Å². The Labute approximate surface area is 196 Å². The van der Waals surface area contributed by atoms with Crippen molar-refractivity contribution in [1.29, 1.82) is 0 Å². The van der Waals surface area contributed by atoms with E-state index in [0.29, 0.717) is 23.8 Å². The Hall–Kier alpha value is -3.45. The highest BCUT2D eigenvalue weighted by Crippen LogP contribution is 2.41. The minimum absolute atomic E-state index is 0.00758. The number of nitrogens with one attached hydrogen (secondary N) is 1. The fourth-order valence-corrected chi connectivity index (χ4v) is 5.25. The molecule has 33 heavy (non-hydrogen) atoms. The molecular formula is C25H22ClN5O2. The molecule has 1 N–H and O–H groups in total. The SMILES string of the molecule is O=C1C2CC=CCC2C(=O)N1c1nc2n(n1)C(c1ccc(Cl)cc1)CC(c1ccccc1)N2. The van der Waals surface area contributed by atoms with Crippen molar-refractivity contribution in [1.82, 2.24) is 14.8 Å². The molecule has 4 atom stereocenters. The zero-order valence-electron chi connectivity index (χ0n) is 17.8. The minimum Gasteiger partial charge on any atom is -0.347 e. The van der Waals surface area contributed by atoms with E-state index in [-0.39, 0.29) is 41.7 Å². The summed E-state index contributed by atoms with van der Waals surface area (Å²) in [6, 6.07) is 17.7. The van der Waals surface area contributed by atoms with Crippen molar-refractivity contribution in [2.75, 3.05) is 10.2 Å². The molecule has 3 heterocycles. The fraction of sp³-hybridized carbons (Fsp3) is 0.280. The molecule has 8 heteroatoms. The molecule has 0 spiro atoms. The highest BCUT2D eigenvalue weighted by atomic mass is 35.5. The van der Waals surface area contributed by atoms with Crippen LogP contribution in [0.2, 0.25) is 5.02 Å². The van der Waals surface area contributed by atoms with Gasteiger partial charge in [-0.05, 0) is 42.5 Å². The Bertz CT molecular complexity index is 1230. The second kappa shape index (κ2) is 7.85. The van der Waals surface area contributed by atoms with Crippen LogP contribution in [0.15, 0.2) is 66.7 Å². The summed E-state index contributed by atoms with van der Waals surface area (Å²) in [7, 11) is 0. The number of rotatable bonds is 3. The average Bonchev–Trinajstić information content (AvgIpc) is 3.38. The van der Waals surface area contributed by atoms with Crippen LogP contribution in [0.1, 0.15) is 42.5 Å². The van der Waals surface area contributed by atoms with Crippen LogP contribution in [0.25, 0.3) is 0 Å². The lowest BCUT2D eigenvalue weighted by Gasteiger charge is -2.31. The number of nitrogens with zero attached hydrogens (tertiary/aromatic N) is 4. The van der Waals surface area contributed by atoms with Gasteiger partial charge >= 0.3 is 0 Å². The van der Waals surface area contributed by atoms with Crippen LogP contribution in [0, 0.1) is 11.8 Å². The first-order valence-electron chi connectivity index (χ1n) is 11.2. The lowest BCUT2D eigenvalue weighted by atomic mass is 9.85. The summed E-state index contributed by atoms with van der Waals surface area (Å²) in [6.07, 6.45) is 5.86. The van der Waals surface area contributed by atoms with Gasteiger partial charge in [-0.25, -0.2) is 9.58 Å². The summed E-state index contributed by atoms with van der Waals surface area (Å²) in [5.41, 5.74) is 2.18. The number of imide groups is 1. The first-order valence-corrected chi connectivity index (χ1v) is 11.5. The van der Waals surface area contributed by atoms with Crippen LogP contribution < -0.4 is 10.2 Å². The number of anilines is 2. The number of carbonyl (C=O) groups excluding carboxylic acids is 2. The summed E-state index contributed by atoms with van der Waals surface area (Å²) in [5, 5.41) is 8.80. The molecule has 0 radical (unpaired) electrons. The van der Waals surface area contributed by atoms with Crippen LogP contribution in [0.4, 0.5) is 11.9 Å². The Morgan fingerprint density at radius 2 is 1.55 bits per heavy atom. The molecule has 2 amide bonds. The van der Waals surface area contributed by atoms with Crippen molar-refractivity contribution in [2.24, 2.45) is 11.8 Å². The van der Waals surface area contributed by atoms with Crippen molar-refractivity contribution < 1.29 is 9.59 Å². The van der Waals surface area contributed by atoms with Gasteiger partial charge in [0.1, 0.15) is 0 Å². The van der Waals surface area contributed by atoms with E-state index >= 15 is 0 Å². The van der Waals surface area contributed by atoms with E-state index < -0.39 is 0 Å². The van der Waals surface area contributed by atoms with Crippen molar-refractivity contribution in [3.05, 3.63) is 82.9 Å². The predicted octanol–water partition coefficient (Wildman–Crippen LogP) is 4.53. The molecule has 0 saturated carbocycles. The molecule has 166 valence electrons. The van der Waals surface area contributed by atoms with Crippen LogP contribution in [-0.4, -0.2) is 26.6 Å². The lowest BCUT2D eigenvalue weighted by Crippen LogP contribution is -2.32. The maximum Gasteiger partial charge on any atom is 0.260 e. The molecule has 1 aromatic heterocycles. The number of fused-ring (bicyclic) bond motifs is 2. The molecule has 1 saturated heterocycles. The maximum atomic E-state index is 13.1. The molecule has 0 bridgehead atoms. The van der Waals surface area contributed by atoms with E-state index in [1.54, 1.807) is 4.68 Å². The van der Waals surface area contributed by atoms with Crippen LogP contribution in [-0.2, 0) is 9.59 Å². The third kappa shape index (κ3) is 3.35. The molecule has 1 fully saturated rings. The summed E-state index contributed by atoms with van der Waals surface area (Å²) in [4.78, 5) is 32.0. The van der Waals surface area contributed by atoms with E-state index in [1.807, 2.05) is 54.6 Å². The van der Waals surface area contributed by atoms with Crippen molar-refractivity contribution >= 4 is 35.3 Å². The van der Waals surface area contributed by atoms with Crippen molar-refractivity contribution in [3.8, 4) is 0 Å². The van der Waals surface area contributed by atoms with Gasteiger partial charge in [-0.3, -0.25) is 9.59 Å². The highest BCUT2D eigenvalue weighted by molar-refractivity contribution is 6.30. The molecule has 2 aromatic carbocycles. The minimum atomic E-state index is -0.319. The Kier molecular flexibility index (Phi) is 4.80. The Morgan fingerprint density at radius 1 is 0.879 bits per heavy atom. The van der Waals surface area contributed by atoms with Gasteiger partial charge < -0.3 is 5.32 Å². The van der Waals surface area contributed by atoms with Gasteiger partial charge in [-0.1, -0.05) is 66.2 Å². The average molecular weight is 460 g/mol. The third-order valence-electron chi connectivity index (χ3n) is 6.84. The highest BCUT2D eigenvalue weighted by Gasteiger charge is 2.49. The standard InChI is InChI=1S/C25H22ClN5O2/c26-17-12-10-16(11-13-17)21-14-20(15-6-2-1-3-7-15)27-24-28-25(29-31(21)24)30-22(32)18-8-4-5-9-19(18)23(30)33/h1-7,10-13,18-21H,8-9,14H2,(H,27,28,29). The number of aromatic nitrogens is 3. The summed E-state index contributed by atoms with van der Waals surface area (Å²) >= 11 is 6.12. The Morgan fingerprint density at radius 3 is 2.21 bits per heavy atom. The van der Waals surface area contributed by atoms with Gasteiger partial charge in [0.2, 0.25) is 17.8 Å². The van der Waals surface area contributed by atoms with Crippen molar-refractivity contribution in [3.63, 3.8) is 0 Å². The topological polar surface area (TPSA) is 80.1 Å². The van der Waals surface area contributed by atoms with E-state index in [0.717, 1.165) is 17.5 Å². The van der Waals surface area contributed by atoms with Gasteiger partial charge in [0.25, 0.3) is 5.95 Å².